The van der Waals surface area contributed by atoms with E-state index in [2.05, 4.69) is 22.4 Å². The quantitative estimate of drug-likeness (QED) is 0.874. The van der Waals surface area contributed by atoms with Gasteiger partial charge in [-0.05, 0) is 25.1 Å². The molecule has 17 heavy (non-hydrogen) atoms. The molecule has 1 saturated heterocycles. The number of pyridine rings is 1. The number of aromatic nitrogens is 1. The summed E-state index contributed by atoms with van der Waals surface area (Å²) in [6.45, 7) is 2.96. The molecule has 2 aromatic rings. The maximum absolute atomic E-state index is 5.90. The largest absolute Gasteiger partial charge is 0.491 e. The van der Waals surface area contributed by atoms with Gasteiger partial charge in [-0.1, -0.05) is 18.2 Å². The number of hydrogen-bond donors (Lipinski definition) is 1. The molecule has 2 heterocycles. The van der Waals surface area contributed by atoms with Crippen LogP contribution in [0.5, 0.6) is 5.75 Å². The first kappa shape index (κ1) is 10.5. The van der Waals surface area contributed by atoms with Gasteiger partial charge in [0.2, 0.25) is 0 Å². The van der Waals surface area contributed by atoms with E-state index in [-0.39, 0.29) is 0 Å². The van der Waals surface area contributed by atoms with Crippen molar-refractivity contribution in [3.05, 3.63) is 36.5 Å². The molecule has 0 unspecified atom stereocenters. The van der Waals surface area contributed by atoms with Crippen LogP contribution in [0.15, 0.2) is 36.5 Å². The molecule has 3 heteroatoms. The Balaban J connectivity index is 1.79. The molecule has 3 rings (SSSR count). The number of nitrogens with zero attached hydrogens (tertiary/aromatic N) is 1. The molecule has 0 radical (unpaired) electrons. The maximum Gasteiger partial charge on any atom is 0.145 e. The predicted molar refractivity (Wildman–Crippen MR) is 68.2 cm³/mol. The van der Waals surface area contributed by atoms with E-state index in [1.54, 1.807) is 0 Å². The molecule has 1 fully saturated rings. The molecule has 1 aromatic heterocycles. The third-order valence-electron chi connectivity index (χ3n) is 3.23. The number of para-hydroxylation sites is 1. The normalized spacial score (nSPS) is 19.6. The number of fused-ring (bicyclic) bond motifs is 1. The van der Waals surface area contributed by atoms with E-state index in [4.69, 9.17) is 4.74 Å². The van der Waals surface area contributed by atoms with E-state index in [1.165, 1.54) is 6.42 Å². The topological polar surface area (TPSA) is 34.1 Å². The summed E-state index contributed by atoms with van der Waals surface area (Å²) in [5.74, 6) is 1.53. The van der Waals surface area contributed by atoms with E-state index in [9.17, 15) is 0 Å². The van der Waals surface area contributed by atoms with E-state index in [1.807, 2.05) is 24.4 Å². The first-order valence-electron chi connectivity index (χ1n) is 6.11. The first-order valence-corrected chi connectivity index (χ1v) is 6.11. The molecule has 0 aliphatic carbocycles. The van der Waals surface area contributed by atoms with E-state index < -0.39 is 0 Å². The van der Waals surface area contributed by atoms with E-state index in [0.29, 0.717) is 5.92 Å². The van der Waals surface area contributed by atoms with Crippen molar-refractivity contribution in [2.45, 2.75) is 6.42 Å². The molecule has 1 aromatic carbocycles. The van der Waals surface area contributed by atoms with Gasteiger partial charge in [-0.25, -0.2) is 0 Å². The summed E-state index contributed by atoms with van der Waals surface area (Å²) < 4.78 is 5.90. The van der Waals surface area contributed by atoms with Crippen molar-refractivity contribution in [1.29, 1.82) is 0 Å². The van der Waals surface area contributed by atoms with Crippen LogP contribution in [-0.2, 0) is 0 Å². The van der Waals surface area contributed by atoms with E-state index >= 15 is 0 Å². The summed E-state index contributed by atoms with van der Waals surface area (Å²) >= 11 is 0. The minimum absolute atomic E-state index is 0.633. The van der Waals surface area contributed by atoms with Gasteiger partial charge in [0.1, 0.15) is 11.3 Å². The minimum Gasteiger partial charge on any atom is -0.491 e. The van der Waals surface area contributed by atoms with Crippen LogP contribution in [0.25, 0.3) is 10.9 Å². The molecule has 0 saturated carbocycles. The van der Waals surface area contributed by atoms with Crippen LogP contribution < -0.4 is 10.1 Å². The summed E-state index contributed by atoms with van der Waals surface area (Å²) in [7, 11) is 0. The van der Waals surface area contributed by atoms with Crippen molar-refractivity contribution >= 4 is 10.9 Å². The van der Waals surface area contributed by atoms with Gasteiger partial charge in [0, 0.05) is 24.0 Å². The molecular formula is C14H16N2O. The molecule has 1 N–H and O–H groups in total. The van der Waals surface area contributed by atoms with Crippen molar-refractivity contribution in [3.63, 3.8) is 0 Å². The highest BCUT2D eigenvalue weighted by molar-refractivity contribution is 5.84. The molecule has 1 atom stereocenters. The summed E-state index contributed by atoms with van der Waals surface area (Å²) in [4.78, 5) is 4.39. The first-order chi connectivity index (χ1) is 8.43. The Bertz CT molecular complexity index is 501. The Hall–Kier alpha value is -1.61. The predicted octanol–water partition coefficient (Wildman–Crippen LogP) is 2.22. The lowest BCUT2D eigenvalue weighted by Crippen LogP contribution is -2.15. The zero-order valence-corrected chi connectivity index (χ0v) is 9.73. The average molecular weight is 228 g/mol. The van der Waals surface area contributed by atoms with Gasteiger partial charge >= 0.3 is 0 Å². The summed E-state index contributed by atoms with van der Waals surface area (Å²) in [5.41, 5.74) is 0.959. The average Bonchev–Trinajstić information content (AvgIpc) is 2.89. The smallest absolute Gasteiger partial charge is 0.145 e. The zero-order valence-electron chi connectivity index (χ0n) is 9.73. The minimum atomic E-state index is 0.633. The lowest BCUT2D eigenvalue weighted by atomic mass is 10.1. The number of ether oxygens (including phenoxy) is 1. The molecule has 0 amide bonds. The van der Waals surface area contributed by atoms with Crippen molar-refractivity contribution in [1.82, 2.24) is 10.3 Å². The van der Waals surface area contributed by atoms with Crippen LogP contribution >= 0.6 is 0 Å². The maximum atomic E-state index is 5.90. The van der Waals surface area contributed by atoms with E-state index in [0.717, 1.165) is 36.3 Å². The third-order valence-corrected chi connectivity index (χ3v) is 3.23. The summed E-state index contributed by atoms with van der Waals surface area (Å²) in [5, 5.41) is 4.48. The van der Waals surface area contributed by atoms with Crippen LogP contribution in [0.1, 0.15) is 6.42 Å². The second kappa shape index (κ2) is 4.72. The van der Waals surface area contributed by atoms with Crippen LogP contribution in [0.4, 0.5) is 0 Å². The summed E-state index contributed by atoms with van der Waals surface area (Å²) in [6, 6.07) is 10.1. The molecule has 1 aliphatic rings. The van der Waals surface area contributed by atoms with Gasteiger partial charge in [-0.3, -0.25) is 4.98 Å². The van der Waals surface area contributed by atoms with Crippen molar-refractivity contribution in [2.75, 3.05) is 19.7 Å². The Morgan fingerprint density at radius 2 is 2.24 bits per heavy atom. The van der Waals surface area contributed by atoms with Gasteiger partial charge in [-0.15, -0.1) is 0 Å². The van der Waals surface area contributed by atoms with Gasteiger partial charge < -0.3 is 10.1 Å². The van der Waals surface area contributed by atoms with Crippen molar-refractivity contribution in [2.24, 2.45) is 5.92 Å². The number of benzene rings is 1. The number of hydrogen-bond acceptors (Lipinski definition) is 3. The van der Waals surface area contributed by atoms with Crippen LogP contribution in [0.3, 0.4) is 0 Å². The summed E-state index contributed by atoms with van der Waals surface area (Å²) in [6.07, 6.45) is 3.02. The fourth-order valence-corrected chi connectivity index (χ4v) is 2.26. The monoisotopic (exact) mass is 228 g/mol. The zero-order chi connectivity index (χ0) is 11.5. The molecular weight excluding hydrogens is 212 g/mol. The molecule has 0 bridgehead atoms. The highest BCUT2D eigenvalue weighted by Crippen LogP contribution is 2.23. The van der Waals surface area contributed by atoms with Crippen LogP contribution in [-0.4, -0.2) is 24.7 Å². The van der Waals surface area contributed by atoms with Gasteiger partial charge in [-0.2, -0.15) is 0 Å². The molecule has 1 aliphatic heterocycles. The Morgan fingerprint density at radius 1 is 1.29 bits per heavy atom. The third kappa shape index (κ3) is 2.24. The van der Waals surface area contributed by atoms with Crippen LogP contribution in [0, 0.1) is 5.92 Å². The second-order valence-electron chi connectivity index (χ2n) is 4.50. The lowest BCUT2D eigenvalue weighted by molar-refractivity contribution is 0.262. The Morgan fingerprint density at radius 3 is 3.12 bits per heavy atom. The van der Waals surface area contributed by atoms with Gasteiger partial charge in [0.05, 0.1) is 6.61 Å². The fraction of sp³-hybridized carbons (Fsp3) is 0.357. The molecule has 88 valence electrons. The second-order valence-corrected chi connectivity index (χ2v) is 4.50. The number of rotatable bonds is 3. The highest BCUT2D eigenvalue weighted by Gasteiger charge is 2.15. The Labute approximate surface area is 101 Å². The van der Waals surface area contributed by atoms with Crippen LogP contribution in [0.2, 0.25) is 0 Å². The molecule has 3 nitrogen and oxygen atoms in total. The number of nitrogens with one attached hydrogen (secondary N) is 1. The SMILES string of the molecule is c1cnc2c(OC[C@@H]3CCNC3)cccc2c1. The lowest BCUT2D eigenvalue weighted by Gasteiger charge is -2.12. The van der Waals surface area contributed by atoms with Crippen molar-refractivity contribution < 1.29 is 4.74 Å². The Kier molecular flexibility index (Phi) is 2.92. The van der Waals surface area contributed by atoms with Gasteiger partial charge in [0.25, 0.3) is 0 Å². The van der Waals surface area contributed by atoms with Crippen molar-refractivity contribution in [3.8, 4) is 5.75 Å². The van der Waals surface area contributed by atoms with Gasteiger partial charge in [0.15, 0.2) is 0 Å². The molecule has 0 spiro atoms. The standard InChI is InChI=1S/C14H16N2O/c1-3-12-4-2-7-16-14(12)13(5-1)17-10-11-6-8-15-9-11/h1-5,7,11,15H,6,8-10H2/t11-/m1/s1. The highest BCUT2D eigenvalue weighted by atomic mass is 16.5. The fourth-order valence-electron chi connectivity index (χ4n) is 2.26.